The summed E-state index contributed by atoms with van der Waals surface area (Å²) in [5.74, 6) is -1.65. The summed E-state index contributed by atoms with van der Waals surface area (Å²) in [5.41, 5.74) is 1.30. The minimum atomic E-state index is -0.641. The fourth-order valence-corrected chi connectivity index (χ4v) is 2.53. The van der Waals surface area contributed by atoms with Crippen LogP contribution in [0.2, 0.25) is 5.02 Å². The first-order valence-electron chi connectivity index (χ1n) is 5.97. The number of ketones is 1. The monoisotopic (exact) mass is 289 g/mol. The molecular formula is C15H9ClFNO2. The van der Waals surface area contributed by atoms with Gasteiger partial charge in [-0.25, -0.2) is 4.39 Å². The summed E-state index contributed by atoms with van der Waals surface area (Å²) in [4.78, 5) is 25.3. The molecule has 2 aromatic carbocycles. The molecular weight excluding hydrogens is 281 g/mol. The molecule has 0 aliphatic carbocycles. The Labute approximate surface area is 119 Å². The smallest absolute Gasteiger partial charge is 0.299 e. The highest BCUT2D eigenvalue weighted by atomic mass is 35.5. The third kappa shape index (κ3) is 1.98. The molecule has 0 unspecified atom stereocenters. The van der Waals surface area contributed by atoms with Crippen LogP contribution < -0.4 is 4.90 Å². The quantitative estimate of drug-likeness (QED) is 0.796. The Bertz CT molecular complexity index is 730. The van der Waals surface area contributed by atoms with E-state index in [2.05, 4.69) is 0 Å². The zero-order valence-corrected chi connectivity index (χ0v) is 11.0. The Kier molecular flexibility index (Phi) is 3.03. The van der Waals surface area contributed by atoms with Gasteiger partial charge >= 0.3 is 0 Å². The predicted octanol–water partition coefficient (Wildman–Crippen LogP) is 3.21. The van der Waals surface area contributed by atoms with Crippen molar-refractivity contribution >= 4 is 29.0 Å². The molecule has 0 aromatic heterocycles. The molecule has 100 valence electrons. The van der Waals surface area contributed by atoms with Crippen molar-refractivity contribution in [1.82, 2.24) is 0 Å². The van der Waals surface area contributed by atoms with Crippen molar-refractivity contribution in [3.8, 4) is 0 Å². The standard InChI is InChI=1S/C15H9ClFNO2/c16-11-5-2-6-12-13(11)14(19)15(20)18(12)8-9-3-1-4-10(17)7-9/h1-7H,8H2. The van der Waals surface area contributed by atoms with Gasteiger partial charge in [-0.2, -0.15) is 0 Å². The van der Waals surface area contributed by atoms with Gasteiger partial charge in [-0.3, -0.25) is 9.59 Å². The number of rotatable bonds is 2. The van der Waals surface area contributed by atoms with E-state index in [1.54, 1.807) is 30.3 Å². The maximum Gasteiger partial charge on any atom is 0.299 e. The number of fused-ring (bicyclic) bond motifs is 1. The summed E-state index contributed by atoms with van der Waals surface area (Å²) >= 11 is 5.96. The number of nitrogens with zero attached hydrogens (tertiary/aromatic N) is 1. The maximum absolute atomic E-state index is 13.2. The minimum absolute atomic E-state index is 0.135. The van der Waals surface area contributed by atoms with Crippen LogP contribution in [-0.2, 0) is 11.3 Å². The predicted molar refractivity (Wildman–Crippen MR) is 73.4 cm³/mol. The lowest BCUT2D eigenvalue weighted by Crippen LogP contribution is -2.29. The number of hydrogen-bond donors (Lipinski definition) is 0. The molecule has 1 aliphatic heterocycles. The van der Waals surface area contributed by atoms with E-state index in [0.29, 0.717) is 11.3 Å². The highest BCUT2D eigenvalue weighted by Gasteiger charge is 2.37. The van der Waals surface area contributed by atoms with Crippen LogP contribution in [0.1, 0.15) is 15.9 Å². The molecule has 0 bridgehead atoms. The first kappa shape index (κ1) is 12.8. The SMILES string of the molecule is O=C1C(=O)N(Cc2cccc(F)c2)c2cccc(Cl)c21. The molecule has 2 aromatic rings. The van der Waals surface area contributed by atoms with Crippen LogP contribution in [0.5, 0.6) is 0 Å². The average molecular weight is 290 g/mol. The number of carbonyl (C=O) groups excluding carboxylic acids is 2. The van der Waals surface area contributed by atoms with Crippen LogP contribution >= 0.6 is 11.6 Å². The highest BCUT2D eigenvalue weighted by Crippen LogP contribution is 2.34. The van der Waals surface area contributed by atoms with Gasteiger partial charge in [0.15, 0.2) is 0 Å². The fourth-order valence-electron chi connectivity index (χ4n) is 2.28. The average Bonchev–Trinajstić information content (AvgIpc) is 2.65. The van der Waals surface area contributed by atoms with Crippen molar-refractivity contribution in [3.05, 3.63) is 64.4 Å². The van der Waals surface area contributed by atoms with Crippen molar-refractivity contribution in [1.29, 1.82) is 0 Å². The molecule has 5 heteroatoms. The second-order valence-electron chi connectivity index (χ2n) is 4.48. The van der Waals surface area contributed by atoms with Crippen molar-refractivity contribution in [3.63, 3.8) is 0 Å². The number of carbonyl (C=O) groups is 2. The summed E-state index contributed by atoms with van der Waals surface area (Å²) in [6.07, 6.45) is 0. The van der Waals surface area contributed by atoms with E-state index in [0.717, 1.165) is 0 Å². The van der Waals surface area contributed by atoms with Crippen LogP contribution in [0.15, 0.2) is 42.5 Å². The van der Waals surface area contributed by atoms with E-state index in [9.17, 15) is 14.0 Å². The van der Waals surface area contributed by atoms with Crippen LogP contribution in [0.25, 0.3) is 0 Å². The number of amides is 1. The lowest BCUT2D eigenvalue weighted by molar-refractivity contribution is -0.114. The van der Waals surface area contributed by atoms with Gasteiger partial charge in [-0.15, -0.1) is 0 Å². The first-order chi connectivity index (χ1) is 9.58. The van der Waals surface area contributed by atoms with E-state index < -0.39 is 11.7 Å². The topological polar surface area (TPSA) is 37.4 Å². The molecule has 1 amide bonds. The third-order valence-corrected chi connectivity index (χ3v) is 3.49. The van der Waals surface area contributed by atoms with Crippen LogP contribution in [0.4, 0.5) is 10.1 Å². The van der Waals surface area contributed by atoms with Crippen molar-refractivity contribution < 1.29 is 14.0 Å². The van der Waals surface area contributed by atoms with E-state index in [1.807, 2.05) is 0 Å². The molecule has 3 rings (SSSR count). The Morgan fingerprint density at radius 3 is 2.60 bits per heavy atom. The minimum Gasteiger partial charge on any atom is -0.300 e. The second-order valence-corrected chi connectivity index (χ2v) is 4.89. The molecule has 0 saturated heterocycles. The molecule has 0 atom stereocenters. The molecule has 0 radical (unpaired) electrons. The van der Waals surface area contributed by atoms with Gasteiger partial charge in [0.25, 0.3) is 11.7 Å². The van der Waals surface area contributed by atoms with E-state index in [1.165, 1.54) is 17.0 Å². The normalized spacial score (nSPS) is 13.8. The molecule has 20 heavy (non-hydrogen) atoms. The number of benzene rings is 2. The molecule has 3 nitrogen and oxygen atoms in total. The van der Waals surface area contributed by atoms with E-state index in [4.69, 9.17) is 11.6 Å². The molecule has 0 spiro atoms. The zero-order chi connectivity index (χ0) is 14.3. The summed E-state index contributed by atoms with van der Waals surface area (Å²) in [5, 5.41) is 0.252. The van der Waals surface area contributed by atoms with Crippen LogP contribution in [0, 0.1) is 5.82 Å². The lowest BCUT2D eigenvalue weighted by atomic mass is 10.1. The maximum atomic E-state index is 13.2. The van der Waals surface area contributed by atoms with Gasteiger partial charge in [0.05, 0.1) is 22.8 Å². The summed E-state index contributed by atoms with van der Waals surface area (Å²) in [6, 6.07) is 10.8. The molecule has 1 heterocycles. The van der Waals surface area contributed by atoms with Crippen LogP contribution in [-0.4, -0.2) is 11.7 Å². The highest BCUT2D eigenvalue weighted by molar-refractivity contribution is 6.55. The lowest BCUT2D eigenvalue weighted by Gasteiger charge is -2.16. The number of halogens is 2. The number of hydrogen-bond acceptors (Lipinski definition) is 2. The first-order valence-corrected chi connectivity index (χ1v) is 6.35. The fraction of sp³-hybridized carbons (Fsp3) is 0.0667. The van der Waals surface area contributed by atoms with Crippen molar-refractivity contribution in [2.24, 2.45) is 0 Å². The summed E-state index contributed by atoms with van der Waals surface area (Å²) in [7, 11) is 0. The largest absolute Gasteiger partial charge is 0.300 e. The van der Waals surface area contributed by atoms with Crippen LogP contribution in [0.3, 0.4) is 0 Å². The third-order valence-electron chi connectivity index (χ3n) is 3.18. The van der Waals surface area contributed by atoms with Crippen molar-refractivity contribution in [2.45, 2.75) is 6.54 Å². The van der Waals surface area contributed by atoms with E-state index >= 15 is 0 Å². The van der Waals surface area contributed by atoms with Crippen molar-refractivity contribution in [2.75, 3.05) is 4.90 Å². The van der Waals surface area contributed by atoms with Gasteiger partial charge in [0.1, 0.15) is 5.82 Å². The molecule has 0 fully saturated rings. The second kappa shape index (κ2) is 4.72. The van der Waals surface area contributed by atoms with Gasteiger partial charge in [-0.1, -0.05) is 29.8 Å². The zero-order valence-electron chi connectivity index (χ0n) is 10.3. The van der Waals surface area contributed by atoms with E-state index in [-0.39, 0.29) is 22.9 Å². The number of anilines is 1. The van der Waals surface area contributed by atoms with Gasteiger partial charge < -0.3 is 4.90 Å². The van der Waals surface area contributed by atoms with Gasteiger partial charge in [-0.05, 0) is 29.8 Å². The Morgan fingerprint density at radius 1 is 1.10 bits per heavy atom. The van der Waals surface area contributed by atoms with Gasteiger partial charge in [0, 0.05) is 0 Å². The summed E-state index contributed by atoms with van der Waals surface area (Å²) in [6.45, 7) is 0.135. The summed E-state index contributed by atoms with van der Waals surface area (Å²) < 4.78 is 13.2. The molecule has 0 N–H and O–H groups in total. The Hall–Kier alpha value is -2.20. The van der Waals surface area contributed by atoms with Gasteiger partial charge in [0.2, 0.25) is 0 Å². The molecule has 1 aliphatic rings. The Balaban J connectivity index is 2.02. The Morgan fingerprint density at radius 2 is 1.85 bits per heavy atom. The number of Topliss-reactive ketones (excluding diaryl/α,β-unsaturated/α-hetero) is 1. The molecule has 0 saturated carbocycles.